The van der Waals surface area contributed by atoms with Gasteiger partial charge in [-0.3, -0.25) is 28.3 Å². The number of azo groups is 1. The number of allylic oxidation sites excluding steroid dienone is 1. The highest BCUT2D eigenvalue weighted by Gasteiger charge is 2.37. The summed E-state index contributed by atoms with van der Waals surface area (Å²) < 4.78 is 68.1. The van der Waals surface area contributed by atoms with Gasteiger partial charge in [-0.1, -0.05) is 42.0 Å². The van der Waals surface area contributed by atoms with Gasteiger partial charge in [0.05, 0.1) is 44.7 Å². The Morgan fingerprint density at radius 1 is 0.826 bits per heavy atom. The molecule has 0 radical (unpaired) electrons. The topological polar surface area (TPSA) is 254 Å². The maximum Gasteiger partial charge on any atom is 0.294 e. The molecule has 0 aromatic heterocycles. The first-order valence-corrected chi connectivity index (χ1v) is 24.4. The van der Waals surface area contributed by atoms with Gasteiger partial charge in [0, 0.05) is 36.4 Å². The molecule has 1 aliphatic carbocycles. The number of rotatable bonds is 16. The van der Waals surface area contributed by atoms with Crippen LogP contribution in [0.4, 0.5) is 22.7 Å². The molecule has 0 spiro atoms. The number of ketones is 1. The van der Waals surface area contributed by atoms with Crippen LogP contribution in [0, 0.1) is 20.8 Å². The summed E-state index contributed by atoms with van der Waals surface area (Å²) in [7, 11) is -8.79. The molecule has 0 saturated heterocycles. The van der Waals surface area contributed by atoms with Gasteiger partial charge in [-0.25, -0.2) is 4.99 Å². The van der Waals surface area contributed by atoms with E-state index in [9.17, 15) is 36.0 Å². The minimum atomic E-state index is -4.42. The van der Waals surface area contributed by atoms with Crippen molar-refractivity contribution in [2.45, 2.75) is 56.9 Å². The Morgan fingerprint density at radius 3 is 2.06 bits per heavy atom. The van der Waals surface area contributed by atoms with E-state index in [0.717, 1.165) is 76.2 Å². The SMILES string of the molecule is CCN(CC)c1ccc(N=C2C=C(C(=O)NCCCOc3ccc(C)cc3C)C(=O)c3ccccc32)c(C)c1.O=CC1=NN(c2ccc(S(=O)(=O)O)cc2)C(=O)C1N=Nc1ccc(S(=O)(=O)O)cc1. The first kappa shape index (κ1) is 50.9. The molecule has 2 amide bonds. The molecule has 358 valence electrons. The van der Waals surface area contributed by atoms with Crippen molar-refractivity contribution < 1.29 is 49.9 Å². The van der Waals surface area contributed by atoms with Crippen LogP contribution in [0.2, 0.25) is 0 Å². The second kappa shape index (κ2) is 22.1. The van der Waals surface area contributed by atoms with E-state index in [1.54, 1.807) is 12.1 Å². The fraction of sp³-hybridized carbons (Fsp3) is 0.224. The van der Waals surface area contributed by atoms with Gasteiger partial charge in [0.1, 0.15) is 11.5 Å². The van der Waals surface area contributed by atoms with Gasteiger partial charge >= 0.3 is 0 Å². The highest BCUT2D eigenvalue weighted by Crippen LogP contribution is 2.30. The molecule has 3 N–H and O–H groups in total. The number of benzene rings is 5. The van der Waals surface area contributed by atoms with E-state index in [0.29, 0.717) is 37.1 Å². The molecule has 1 atom stereocenters. The van der Waals surface area contributed by atoms with Crippen molar-refractivity contribution in [3.8, 4) is 5.75 Å². The lowest BCUT2D eigenvalue weighted by atomic mass is 9.88. The molecule has 5 aromatic rings. The Bertz CT molecular complexity index is 3130. The zero-order valence-corrected chi connectivity index (χ0v) is 39.9. The quantitative estimate of drug-likeness (QED) is 0.0285. The third kappa shape index (κ3) is 12.5. The van der Waals surface area contributed by atoms with Crippen molar-refractivity contribution in [3.05, 3.63) is 149 Å². The van der Waals surface area contributed by atoms with Crippen LogP contribution in [0.1, 0.15) is 52.9 Å². The molecule has 1 heterocycles. The number of anilines is 2. The highest BCUT2D eigenvalue weighted by molar-refractivity contribution is 7.86. The number of carbonyl (C=O) groups excluding carboxylic acids is 4. The summed E-state index contributed by atoms with van der Waals surface area (Å²) in [5.41, 5.74) is 7.21. The van der Waals surface area contributed by atoms with E-state index in [1.165, 1.54) is 29.8 Å². The van der Waals surface area contributed by atoms with E-state index in [2.05, 4.69) is 57.6 Å². The van der Waals surface area contributed by atoms with Crippen molar-refractivity contribution in [2.24, 2.45) is 20.3 Å². The molecule has 5 aromatic carbocycles. The number of nitrogens with one attached hydrogen (secondary N) is 1. The molecule has 1 aliphatic heterocycles. The number of hydrogen-bond acceptors (Lipinski definition) is 14. The lowest BCUT2D eigenvalue weighted by Gasteiger charge is -2.22. The van der Waals surface area contributed by atoms with Gasteiger partial charge in [-0.15, -0.1) is 0 Å². The molecule has 7 rings (SSSR count). The van der Waals surface area contributed by atoms with Crippen LogP contribution in [-0.4, -0.2) is 93.5 Å². The predicted molar refractivity (Wildman–Crippen MR) is 261 cm³/mol. The molecule has 0 bridgehead atoms. The minimum Gasteiger partial charge on any atom is -0.493 e. The lowest BCUT2D eigenvalue weighted by molar-refractivity contribution is -0.118. The summed E-state index contributed by atoms with van der Waals surface area (Å²) in [6.07, 6.45) is 2.55. The van der Waals surface area contributed by atoms with Crippen molar-refractivity contribution in [2.75, 3.05) is 36.1 Å². The predicted octanol–water partition coefficient (Wildman–Crippen LogP) is 7.52. The molecule has 69 heavy (non-hydrogen) atoms. The van der Waals surface area contributed by atoms with E-state index in [4.69, 9.17) is 18.8 Å². The summed E-state index contributed by atoms with van der Waals surface area (Å²) in [6.45, 7) is 13.1. The van der Waals surface area contributed by atoms with Gasteiger partial charge in [0.2, 0.25) is 0 Å². The first-order chi connectivity index (χ1) is 32.8. The molecule has 1 unspecified atom stereocenters. The fourth-order valence-electron chi connectivity index (χ4n) is 7.20. The molecule has 2 aliphatic rings. The van der Waals surface area contributed by atoms with Gasteiger partial charge in [0.25, 0.3) is 32.1 Å². The van der Waals surface area contributed by atoms with Gasteiger partial charge < -0.3 is 15.0 Å². The van der Waals surface area contributed by atoms with Crippen LogP contribution in [-0.2, 0) is 34.6 Å². The number of aryl methyl sites for hydroxylation is 3. The average Bonchev–Trinajstić information content (AvgIpc) is 3.65. The molecular weight excluding hydrogens is 927 g/mol. The number of Topliss-reactive ketones (excluding diaryl/α,β-unsaturated/α-hetero) is 1. The number of carbonyl (C=O) groups is 4. The number of hydrogen-bond donors (Lipinski definition) is 3. The van der Waals surface area contributed by atoms with Crippen molar-refractivity contribution in [3.63, 3.8) is 0 Å². The summed E-state index contributed by atoms with van der Waals surface area (Å²) >= 11 is 0. The summed E-state index contributed by atoms with van der Waals surface area (Å²) in [5.74, 6) is -0.588. The highest BCUT2D eigenvalue weighted by atomic mass is 32.2. The second-order valence-electron chi connectivity index (χ2n) is 15.6. The fourth-order valence-corrected chi connectivity index (χ4v) is 8.16. The van der Waals surface area contributed by atoms with Crippen molar-refractivity contribution in [1.29, 1.82) is 0 Å². The average molecular weight is 976 g/mol. The number of ether oxygens (including phenoxy) is 1. The van der Waals surface area contributed by atoms with E-state index >= 15 is 0 Å². The molecule has 18 nitrogen and oxygen atoms in total. The van der Waals surface area contributed by atoms with Crippen LogP contribution in [0.3, 0.4) is 0 Å². The summed E-state index contributed by atoms with van der Waals surface area (Å²) in [5, 5.41) is 15.1. The third-order valence-electron chi connectivity index (χ3n) is 10.8. The van der Waals surface area contributed by atoms with Crippen LogP contribution < -0.4 is 20.0 Å². The Morgan fingerprint density at radius 2 is 1.46 bits per heavy atom. The number of amides is 2. The molecule has 0 saturated carbocycles. The Balaban J connectivity index is 0.000000235. The van der Waals surface area contributed by atoms with Crippen molar-refractivity contribution >= 4 is 78.3 Å². The standard InChI is InChI=1S/C33H37N3O3.C16H12N4O8S2/c1-6-36(7-2)25-14-15-29(23(4)20-25)35-30-21-28(32(37)27-12-9-8-11-26(27)30)33(38)34-17-10-18-39-31-16-13-22(3)19-24(31)5;21-9-14-15(18-17-10-1-5-12(6-2-10)29(23,24)25)16(22)20(19-14)11-3-7-13(8-4-11)30(26,27)28/h8-9,11-16,19-21H,6-7,10,17-18H2,1-5H3,(H,34,38);1-9,15H,(H,23,24,25)(H,26,27,28). The van der Waals surface area contributed by atoms with Crippen LogP contribution in [0.5, 0.6) is 5.75 Å². The maximum absolute atomic E-state index is 13.2. The number of fused-ring (bicyclic) bond motifs is 1. The van der Waals surface area contributed by atoms with Gasteiger partial charge in [-0.05, 0) is 131 Å². The Hall–Kier alpha value is -7.52. The van der Waals surface area contributed by atoms with E-state index in [-0.39, 0.29) is 38.2 Å². The van der Waals surface area contributed by atoms with E-state index < -0.39 is 38.1 Å². The van der Waals surface area contributed by atoms with Crippen molar-refractivity contribution in [1.82, 2.24) is 5.32 Å². The monoisotopic (exact) mass is 975 g/mol. The number of aldehydes is 1. The smallest absolute Gasteiger partial charge is 0.294 e. The second-order valence-corrected chi connectivity index (χ2v) is 18.5. The van der Waals surface area contributed by atoms with Gasteiger partial charge in [0.15, 0.2) is 18.1 Å². The Labute approximate surface area is 399 Å². The number of hydrazone groups is 1. The zero-order chi connectivity index (χ0) is 50.0. The zero-order valence-electron chi connectivity index (χ0n) is 38.2. The third-order valence-corrected chi connectivity index (χ3v) is 12.6. The normalized spacial score (nSPS) is 15.3. The Kier molecular flexibility index (Phi) is 16.3. The minimum absolute atomic E-state index is 0.0974. The largest absolute Gasteiger partial charge is 0.493 e. The molecule has 0 fully saturated rings. The van der Waals surface area contributed by atoms with E-state index in [1.807, 2.05) is 57.2 Å². The van der Waals surface area contributed by atoms with Crippen LogP contribution >= 0.6 is 0 Å². The van der Waals surface area contributed by atoms with Crippen LogP contribution in [0.15, 0.2) is 151 Å². The van der Waals surface area contributed by atoms with Crippen LogP contribution in [0.25, 0.3) is 0 Å². The van der Waals surface area contributed by atoms with Gasteiger partial charge in [-0.2, -0.15) is 37.2 Å². The molecular formula is C49H49N7O11S2. The maximum atomic E-state index is 13.2. The lowest BCUT2D eigenvalue weighted by Crippen LogP contribution is -2.32. The number of aliphatic imine (C=N–C) groups is 1. The summed E-state index contributed by atoms with van der Waals surface area (Å²) in [6, 6.07) is 27.4. The number of nitrogens with zero attached hydrogens (tertiary/aromatic N) is 6. The molecule has 20 heteroatoms. The summed E-state index contributed by atoms with van der Waals surface area (Å²) in [4.78, 5) is 56.6. The first-order valence-electron chi connectivity index (χ1n) is 21.5.